The van der Waals surface area contributed by atoms with Gasteiger partial charge in [-0.05, 0) is 24.0 Å². The molecule has 4 heteroatoms. The summed E-state index contributed by atoms with van der Waals surface area (Å²) in [7, 11) is 0. The van der Waals surface area contributed by atoms with Gasteiger partial charge in [0.05, 0.1) is 17.8 Å². The summed E-state index contributed by atoms with van der Waals surface area (Å²) in [6.07, 6.45) is 1.79. The molecule has 1 aromatic heterocycles. The molecule has 0 unspecified atom stereocenters. The van der Waals surface area contributed by atoms with Gasteiger partial charge in [0, 0.05) is 16.2 Å². The minimum absolute atomic E-state index is 0.112. The van der Waals surface area contributed by atoms with Crippen LogP contribution < -0.4 is 5.56 Å². The zero-order valence-electron chi connectivity index (χ0n) is 17.6. The van der Waals surface area contributed by atoms with Crippen molar-refractivity contribution in [1.82, 2.24) is 9.55 Å². The largest absolute Gasteiger partial charge is 0.283 e. The van der Waals surface area contributed by atoms with Crippen molar-refractivity contribution in [2.24, 2.45) is 0 Å². The van der Waals surface area contributed by atoms with Crippen LogP contribution in [0.15, 0.2) is 64.5 Å². The lowest BCUT2D eigenvalue weighted by Crippen LogP contribution is -2.40. The monoisotopic (exact) mass is 404 g/mol. The second-order valence-electron chi connectivity index (χ2n) is 8.41. The van der Waals surface area contributed by atoms with Gasteiger partial charge in [-0.2, -0.15) is 0 Å². The lowest BCUT2D eigenvalue weighted by atomic mass is 9.69. The highest BCUT2D eigenvalue weighted by Crippen LogP contribution is 2.43. The highest BCUT2D eigenvalue weighted by molar-refractivity contribution is 7.99. The van der Waals surface area contributed by atoms with E-state index in [1.165, 1.54) is 5.56 Å². The minimum atomic E-state index is -0.201. The first-order valence-electron chi connectivity index (χ1n) is 10.4. The van der Waals surface area contributed by atoms with Crippen LogP contribution in [-0.4, -0.2) is 14.8 Å². The average Bonchev–Trinajstić information content (AvgIpc) is 2.71. The molecular formula is C25H28N2OS. The zero-order chi connectivity index (χ0) is 20.6. The van der Waals surface area contributed by atoms with E-state index in [1.54, 1.807) is 11.8 Å². The molecule has 0 saturated heterocycles. The molecule has 1 heterocycles. The maximum atomic E-state index is 13.9. The Morgan fingerprint density at radius 2 is 1.79 bits per heavy atom. The third kappa shape index (κ3) is 3.66. The molecule has 1 aliphatic carbocycles. The highest BCUT2D eigenvalue weighted by Gasteiger charge is 2.38. The van der Waals surface area contributed by atoms with Gasteiger partial charge in [-0.15, -0.1) is 0 Å². The summed E-state index contributed by atoms with van der Waals surface area (Å²) in [5.41, 5.74) is 5.20. The van der Waals surface area contributed by atoms with Gasteiger partial charge in [0.2, 0.25) is 0 Å². The fraction of sp³-hybridized carbons (Fsp3) is 0.360. The van der Waals surface area contributed by atoms with Gasteiger partial charge >= 0.3 is 0 Å². The summed E-state index contributed by atoms with van der Waals surface area (Å²) in [5.74, 6) is 0. The molecule has 3 nitrogen and oxygen atoms in total. The van der Waals surface area contributed by atoms with Crippen molar-refractivity contribution in [2.75, 3.05) is 0 Å². The second-order valence-corrected chi connectivity index (χ2v) is 9.95. The summed E-state index contributed by atoms with van der Waals surface area (Å²) in [5, 5.41) is 1.15. The molecule has 0 aliphatic heterocycles. The maximum Gasteiger partial charge on any atom is 0.258 e. The Morgan fingerprint density at radius 3 is 2.48 bits per heavy atom. The van der Waals surface area contributed by atoms with Crippen LogP contribution in [0.3, 0.4) is 0 Å². The fourth-order valence-electron chi connectivity index (χ4n) is 4.20. The van der Waals surface area contributed by atoms with E-state index in [2.05, 4.69) is 58.0 Å². The molecule has 0 N–H and O–H groups in total. The van der Waals surface area contributed by atoms with E-state index in [1.807, 2.05) is 28.8 Å². The number of aromatic nitrogens is 2. The Morgan fingerprint density at radius 1 is 1.10 bits per heavy atom. The lowest BCUT2D eigenvalue weighted by Gasteiger charge is -2.36. The van der Waals surface area contributed by atoms with Gasteiger partial charge in [-0.25, -0.2) is 4.98 Å². The van der Waals surface area contributed by atoms with Gasteiger partial charge in [0.15, 0.2) is 5.16 Å². The number of fused-ring (bicyclic) bond motifs is 3. The molecule has 0 amide bonds. The van der Waals surface area contributed by atoms with Crippen molar-refractivity contribution in [3.05, 3.63) is 81.6 Å². The molecule has 2 aromatic carbocycles. The van der Waals surface area contributed by atoms with Crippen molar-refractivity contribution in [3.8, 4) is 11.3 Å². The summed E-state index contributed by atoms with van der Waals surface area (Å²) < 4.78 is 1.89. The van der Waals surface area contributed by atoms with Crippen LogP contribution in [-0.2, 0) is 18.4 Å². The van der Waals surface area contributed by atoms with Crippen LogP contribution in [0.25, 0.3) is 11.3 Å². The number of thioether (sulfide) groups is 1. The molecule has 3 aromatic rings. The number of benzene rings is 2. The molecule has 150 valence electrons. The molecule has 4 rings (SSSR count). The summed E-state index contributed by atoms with van der Waals surface area (Å²) in [6.45, 7) is 9.24. The van der Waals surface area contributed by atoms with Crippen molar-refractivity contribution < 1.29 is 0 Å². The number of nitrogens with zero attached hydrogens (tertiary/aromatic N) is 2. The smallest absolute Gasteiger partial charge is 0.258 e. The van der Waals surface area contributed by atoms with E-state index in [4.69, 9.17) is 4.98 Å². The summed E-state index contributed by atoms with van der Waals surface area (Å²) in [4.78, 5) is 19.0. The summed E-state index contributed by atoms with van der Waals surface area (Å²) >= 11 is 1.67. The van der Waals surface area contributed by atoms with Crippen LogP contribution in [0.4, 0.5) is 0 Å². The topological polar surface area (TPSA) is 34.9 Å². The molecule has 0 radical (unpaired) electrons. The molecule has 0 fully saturated rings. The van der Waals surface area contributed by atoms with Crippen LogP contribution in [0.5, 0.6) is 0 Å². The van der Waals surface area contributed by atoms with E-state index in [0.29, 0.717) is 11.8 Å². The van der Waals surface area contributed by atoms with Crippen LogP contribution in [0, 0.1) is 0 Å². The Hall–Kier alpha value is -2.33. The van der Waals surface area contributed by atoms with Gasteiger partial charge in [0.1, 0.15) is 0 Å². The maximum absolute atomic E-state index is 13.9. The molecule has 0 saturated carbocycles. The van der Waals surface area contributed by atoms with E-state index < -0.39 is 0 Å². The van der Waals surface area contributed by atoms with Crippen molar-refractivity contribution in [1.29, 1.82) is 0 Å². The molecule has 1 aliphatic rings. The molecule has 29 heavy (non-hydrogen) atoms. The number of hydrogen-bond donors (Lipinski definition) is 0. The van der Waals surface area contributed by atoms with Crippen molar-refractivity contribution in [3.63, 3.8) is 0 Å². The Kier molecular flexibility index (Phi) is 5.39. The highest BCUT2D eigenvalue weighted by atomic mass is 32.2. The second kappa shape index (κ2) is 7.83. The third-order valence-corrected chi connectivity index (χ3v) is 6.89. The van der Waals surface area contributed by atoms with Crippen LogP contribution >= 0.6 is 11.8 Å². The molecule has 0 spiro atoms. The Labute approximate surface area is 177 Å². The Bertz CT molecular complexity index is 1090. The first-order chi connectivity index (χ1) is 13.9. The fourth-order valence-corrected chi connectivity index (χ4v) is 5.04. The Balaban J connectivity index is 1.99. The quantitative estimate of drug-likeness (QED) is 0.405. The van der Waals surface area contributed by atoms with E-state index in [0.717, 1.165) is 40.4 Å². The minimum Gasteiger partial charge on any atom is -0.283 e. The van der Waals surface area contributed by atoms with E-state index >= 15 is 0 Å². The first-order valence-corrected chi connectivity index (χ1v) is 11.2. The standard InChI is InChI=1S/C25H28N2OS/c1-5-25(4)15-19-13-9-10-14-20(19)22-21(25)23(28)27(24(26-22)29-17(2)3)16-18-11-7-6-8-12-18/h6-14,17H,5,15-16H2,1-4H3/t25-/m1/s1. The van der Waals surface area contributed by atoms with E-state index in [9.17, 15) is 4.79 Å². The van der Waals surface area contributed by atoms with Gasteiger partial charge in [0.25, 0.3) is 5.56 Å². The normalized spacial score (nSPS) is 17.8. The van der Waals surface area contributed by atoms with Gasteiger partial charge in [-0.1, -0.05) is 94.1 Å². The number of rotatable bonds is 5. The SMILES string of the molecule is CC[C@]1(C)Cc2ccccc2-c2nc(SC(C)C)n(Cc3ccccc3)c(=O)c21. The average molecular weight is 405 g/mol. The van der Waals surface area contributed by atoms with Crippen LogP contribution in [0.2, 0.25) is 0 Å². The predicted molar refractivity (Wildman–Crippen MR) is 122 cm³/mol. The van der Waals surface area contributed by atoms with E-state index in [-0.39, 0.29) is 11.0 Å². The summed E-state index contributed by atoms with van der Waals surface area (Å²) in [6, 6.07) is 18.6. The number of hydrogen-bond acceptors (Lipinski definition) is 3. The van der Waals surface area contributed by atoms with Gasteiger partial charge < -0.3 is 0 Å². The lowest BCUT2D eigenvalue weighted by molar-refractivity contribution is 0.430. The van der Waals surface area contributed by atoms with Gasteiger partial charge in [-0.3, -0.25) is 9.36 Å². The first kappa shape index (κ1) is 20.0. The molecule has 1 atom stereocenters. The molecule has 0 bridgehead atoms. The molecular weight excluding hydrogens is 376 g/mol. The third-order valence-electron chi connectivity index (χ3n) is 5.90. The van der Waals surface area contributed by atoms with Crippen molar-refractivity contribution in [2.45, 2.75) is 62.9 Å². The predicted octanol–water partition coefficient (Wildman–Crippen LogP) is 5.68. The van der Waals surface area contributed by atoms with Crippen molar-refractivity contribution >= 4 is 11.8 Å². The van der Waals surface area contributed by atoms with Crippen LogP contribution in [0.1, 0.15) is 50.8 Å². The zero-order valence-corrected chi connectivity index (χ0v) is 18.4.